The molecule has 0 saturated carbocycles. The van der Waals surface area contributed by atoms with E-state index >= 15 is 0 Å². The van der Waals surface area contributed by atoms with Crippen LogP contribution in [0.4, 0.5) is 0 Å². The molecule has 4 nitrogen and oxygen atoms in total. The van der Waals surface area contributed by atoms with Crippen molar-refractivity contribution in [3.63, 3.8) is 0 Å². The highest BCUT2D eigenvalue weighted by atomic mass is 16.5. The average molecular weight is 379 g/mol. The number of piperidine rings is 2. The second kappa shape index (κ2) is 8.36. The van der Waals surface area contributed by atoms with Crippen molar-refractivity contribution in [1.82, 2.24) is 10.2 Å². The van der Waals surface area contributed by atoms with Crippen molar-refractivity contribution in [1.29, 1.82) is 0 Å². The maximum Gasteiger partial charge on any atom is 0.251 e. The number of rotatable bonds is 5. The minimum absolute atomic E-state index is 0.0567. The molecule has 148 valence electrons. The number of hydrogen-bond acceptors (Lipinski definition) is 3. The van der Waals surface area contributed by atoms with E-state index in [1.54, 1.807) is 7.11 Å². The first-order chi connectivity index (χ1) is 13.6. The maximum atomic E-state index is 12.7. The van der Waals surface area contributed by atoms with E-state index in [2.05, 4.69) is 22.3 Å². The molecule has 1 amide bonds. The second-order valence-corrected chi connectivity index (χ2v) is 8.23. The lowest BCUT2D eigenvalue weighted by Crippen LogP contribution is -2.56. The zero-order valence-electron chi connectivity index (χ0n) is 16.9. The maximum absolute atomic E-state index is 12.7. The third-order valence-corrected chi connectivity index (χ3v) is 6.32. The SMILES string of the molecule is COc1ccccc1CN1[C@H]2CCC[C@H]1CC(NC(=O)c1ccc(C)cc1)C2. The molecular formula is C24H30N2O2. The number of hydrogen-bond donors (Lipinski definition) is 1. The van der Waals surface area contributed by atoms with Gasteiger partial charge in [0.1, 0.15) is 5.75 Å². The Bertz CT molecular complexity index is 804. The summed E-state index contributed by atoms with van der Waals surface area (Å²) >= 11 is 0. The molecule has 28 heavy (non-hydrogen) atoms. The molecular weight excluding hydrogens is 348 g/mol. The minimum atomic E-state index is 0.0567. The van der Waals surface area contributed by atoms with Gasteiger partial charge in [-0.25, -0.2) is 0 Å². The van der Waals surface area contributed by atoms with Gasteiger partial charge in [-0.05, 0) is 50.8 Å². The monoisotopic (exact) mass is 378 g/mol. The van der Waals surface area contributed by atoms with Gasteiger partial charge in [-0.1, -0.05) is 42.3 Å². The van der Waals surface area contributed by atoms with Crippen molar-refractivity contribution in [2.75, 3.05) is 7.11 Å². The Balaban J connectivity index is 1.43. The average Bonchev–Trinajstić information content (AvgIpc) is 2.69. The number of para-hydroxylation sites is 1. The summed E-state index contributed by atoms with van der Waals surface area (Å²) in [6.45, 7) is 2.97. The van der Waals surface area contributed by atoms with Crippen LogP contribution in [0, 0.1) is 6.92 Å². The quantitative estimate of drug-likeness (QED) is 0.842. The van der Waals surface area contributed by atoms with Crippen molar-refractivity contribution in [2.45, 2.75) is 63.7 Å². The second-order valence-electron chi connectivity index (χ2n) is 8.23. The van der Waals surface area contributed by atoms with Crippen LogP contribution < -0.4 is 10.1 Å². The third kappa shape index (κ3) is 4.07. The van der Waals surface area contributed by atoms with Crippen LogP contribution in [-0.4, -0.2) is 36.0 Å². The first kappa shape index (κ1) is 19.0. The highest BCUT2D eigenvalue weighted by Crippen LogP contribution is 2.36. The molecule has 0 aromatic heterocycles. The van der Waals surface area contributed by atoms with Gasteiger partial charge in [0, 0.05) is 35.8 Å². The number of benzene rings is 2. The number of nitrogens with one attached hydrogen (secondary N) is 1. The summed E-state index contributed by atoms with van der Waals surface area (Å²) in [5, 5.41) is 3.30. The van der Waals surface area contributed by atoms with Gasteiger partial charge >= 0.3 is 0 Å². The third-order valence-electron chi connectivity index (χ3n) is 6.32. The Morgan fingerprint density at radius 2 is 1.75 bits per heavy atom. The number of methoxy groups -OCH3 is 1. The van der Waals surface area contributed by atoms with Gasteiger partial charge in [0.2, 0.25) is 0 Å². The lowest BCUT2D eigenvalue weighted by Gasteiger charge is -2.49. The molecule has 4 rings (SSSR count). The van der Waals surface area contributed by atoms with E-state index in [1.165, 1.54) is 30.4 Å². The molecule has 0 unspecified atom stereocenters. The molecule has 2 aromatic carbocycles. The summed E-state index contributed by atoms with van der Waals surface area (Å²) in [5.41, 5.74) is 3.19. The largest absolute Gasteiger partial charge is 0.496 e. The van der Waals surface area contributed by atoms with Crippen molar-refractivity contribution in [3.8, 4) is 5.75 Å². The van der Waals surface area contributed by atoms with E-state index in [0.717, 1.165) is 30.7 Å². The van der Waals surface area contributed by atoms with Crippen LogP contribution in [0.5, 0.6) is 5.75 Å². The van der Waals surface area contributed by atoms with Gasteiger partial charge in [0.05, 0.1) is 7.11 Å². The number of ether oxygens (including phenoxy) is 1. The number of aryl methyl sites for hydroxylation is 1. The summed E-state index contributed by atoms with van der Waals surface area (Å²) < 4.78 is 5.56. The molecule has 2 saturated heterocycles. The topological polar surface area (TPSA) is 41.6 Å². The fraction of sp³-hybridized carbons (Fsp3) is 0.458. The Kier molecular flexibility index (Phi) is 5.67. The van der Waals surface area contributed by atoms with Crippen molar-refractivity contribution in [2.24, 2.45) is 0 Å². The Morgan fingerprint density at radius 1 is 1.07 bits per heavy atom. The number of carbonyl (C=O) groups is 1. The summed E-state index contributed by atoms with van der Waals surface area (Å²) in [4.78, 5) is 15.3. The molecule has 1 N–H and O–H groups in total. The van der Waals surface area contributed by atoms with Crippen LogP contribution in [0.15, 0.2) is 48.5 Å². The Morgan fingerprint density at radius 3 is 2.43 bits per heavy atom. The molecule has 2 aliphatic heterocycles. The lowest BCUT2D eigenvalue weighted by molar-refractivity contribution is 0.0172. The molecule has 2 heterocycles. The van der Waals surface area contributed by atoms with E-state index in [9.17, 15) is 4.79 Å². The molecule has 2 aliphatic rings. The first-order valence-corrected chi connectivity index (χ1v) is 10.4. The molecule has 2 aromatic rings. The highest BCUT2D eigenvalue weighted by molar-refractivity contribution is 5.94. The summed E-state index contributed by atoms with van der Waals surface area (Å²) in [6, 6.07) is 17.5. The standard InChI is InChI=1S/C24H30N2O2/c1-17-10-12-18(13-11-17)24(27)25-20-14-21-7-5-8-22(15-20)26(21)16-19-6-3-4-9-23(19)28-2/h3-4,6,9-13,20-22H,5,7-8,14-16H2,1-2H3,(H,25,27)/t21-,22-/m0/s1. The molecule has 2 fully saturated rings. The Labute approximate surface area is 167 Å². The molecule has 0 aliphatic carbocycles. The van der Waals surface area contributed by atoms with Gasteiger partial charge in [0.25, 0.3) is 5.91 Å². The van der Waals surface area contributed by atoms with Crippen LogP contribution in [0.1, 0.15) is 53.6 Å². The van der Waals surface area contributed by atoms with E-state index in [1.807, 2.05) is 43.3 Å². The van der Waals surface area contributed by atoms with Crippen molar-refractivity contribution >= 4 is 5.91 Å². The Hall–Kier alpha value is -2.33. The van der Waals surface area contributed by atoms with Crippen LogP contribution in [0.2, 0.25) is 0 Å². The van der Waals surface area contributed by atoms with Crippen molar-refractivity contribution in [3.05, 3.63) is 65.2 Å². The first-order valence-electron chi connectivity index (χ1n) is 10.4. The van der Waals surface area contributed by atoms with Gasteiger partial charge in [-0.3, -0.25) is 9.69 Å². The van der Waals surface area contributed by atoms with E-state index in [-0.39, 0.29) is 11.9 Å². The molecule has 4 heteroatoms. The smallest absolute Gasteiger partial charge is 0.251 e. The number of amides is 1. The van der Waals surface area contributed by atoms with Gasteiger partial charge in [-0.2, -0.15) is 0 Å². The molecule has 0 radical (unpaired) electrons. The van der Waals surface area contributed by atoms with E-state index < -0.39 is 0 Å². The van der Waals surface area contributed by atoms with Crippen LogP contribution in [0.25, 0.3) is 0 Å². The highest BCUT2D eigenvalue weighted by Gasteiger charge is 2.38. The molecule has 2 bridgehead atoms. The molecule has 0 spiro atoms. The van der Waals surface area contributed by atoms with Crippen molar-refractivity contribution < 1.29 is 9.53 Å². The van der Waals surface area contributed by atoms with Crippen LogP contribution in [-0.2, 0) is 6.54 Å². The van der Waals surface area contributed by atoms with E-state index in [4.69, 9.17) is 4.74 Å². The van der Waals surface area contributed by atoms with Gasteiger partial charge in [-0.15, -0.1) is 0 Å². The predicted octanol–water partition coefficient (Wildman–Crippen LogP) is 4.32. The number of carbonyl (C=O) groups excluding carboxylic acids is 1. The van der Waals surface area contributed by atoms with Gasteiger partial charge in [0.15, 0.2) is 0 Å². The molecule has 2 atom stereocenters. The lowest BCUT2D eigenvalue weighted by atomic mass is 9.81. The number of nitrogens with zero attached hydrogens (tertiary/aromatic N) is 1. The van der Waals surface area contributed by atoms with E-state index in [0.29, 0.717) is 12.1 Å². The minimum Gasteiger partial charge on any atom is -0.496 e. The fourth-order valence-electron chi connectivity index (χ4n) is 4.86. The predicted molar refractivity (Wildman–Crippen MR) is 112 cm³/mol. The van der Waals surface area contributed by atoms with Crippen LogP contribution in [0.3, 0.4) is 0 Å². The normalized spacial score (nSPS) is 24.6. The zero-order valence-corrected chi connectivity index (χ0v) is 16.9. The fourth-order valence-corrected chi connectivity index (χ4v) is 4.86. The summed E-state index contributed by atoms with van der Waals surface area (Å²) in [5.74, 6) is 1.02. The summed E-state index contributed by atoms with van der Waals surface area (Å²) in [7, 11) is 1.74. The summed E-state index contributed by atoms with van der Waals surface area (Å²) in [6.07, 6.45) is 5.77. The number of fused-ring (bicyclic) bond motifs is 2. The zero-order chi connectivity index (χ0) is 19.5. The van der Waals surface area contributed by atoms with Crippen LogP contribution >= 0.6 is 0 Å². The van der Waals surface area contributed by atoms with Gasteiger partial charge < -0.3 is 10.1 Å².